The van der Waals surface area contributed by atoms with Gasteiger partial charge in [0, 0.05) is 23.5 Å². The van der Waals surface area contributed by atoms with Gasteiger partial charge in [-0.2, -0.15) is 0 Å². The van der Waals surface area contributed by atoms with Crippen LogP contribution in [0, 0.1) is 5.92 Å². The number of rotatable bonds is 4. The number of nitrogens with zero attached hydrogens (tertiary/aromatic N) is 1. The lowest BCUT2D eigenvalue weighted by atomic mass is 9.86. The highest BCUT2D eigenvalue weighted by atomic mass is 16.4. The highest BCUT2D eigenvalue weighted by Gasteiger charge is 2.26. The molecular formula is C19H21N3O3. The van der Waals surface area contributed by atoms with Crippen molar-refractivity contribution in [2.75, 3.05) is 5.32 Å². The van der Waals surface area contributed by atoms with Crippen molar-refractivity contribution < 1.29 is 14.7 Å². The first-order chi connectivity index (χ1) is 12.1. The lowest BCUT2D eigenvalue weighted by Crippen LogP contribution is -2.40. The average Bonchev–Trinajstić information content (AvgIpc) is 2.63. The molecule has 0 unspecified atom stereocenters. The number of amides is 2. The van der Waals surface area contributed by atoms with E-state index < -0.39 is 5.97 Å². The first kappa shape index (κ1) is 17.0. The quantitative estimate of drug-likeness (QED) is 0.795. The highest BCUT2D eigenvalue weighted by molar-refractivity contribution is 5.89. The predicted octanol–water partition coefficient (Wildman–Crippen LogP) is 3.51. The zero-order valence-corrected chi connectivity index (χ0v) is 13.8. The van der Waals surface area contributed by atoms with Gasteiger partial charge in [0.05, 0.1) is 11.6 Å². The van der Waals surface area contributed by atoms with Crippen molar-refractivity contribution >= 4 is 17.7 Å². The van der Waals surface area contributed by atoms with E-state index in [1.165, 1.54) is 0 Å². The van der Waals surface area contributed by atoms with Crippen LogP contribution in [-0.2, 0) is 4.79 Å². The lowest BCUT2D eigenvalue weighted by Gasteiger charge is -2.26. The lowest BCUT2D eigenvalue weighted by molar-refractivity contribution is -0.142. The topological polar surface area (TPSA) is 91.3 Å². The molecule has 2 aromatic rings. The minimum atomic E-state index is -0.740. The van der Waals surface area contributed by atoms with E-state index in [0.717, 1.165) is 11.3 Å². The van der Waals surface area contributed by atoms with Gasteiger partial charge in [-0.05, 0) is 49.9 Å². The van der Waals surface area contributed by atoms with E-state index in [4.69, 9.17) is 5.11 Å². The van der Waals surface area contributed by atoms with Gasteiger partial charge in [0.1, 0.15) is 0 Å². The Bertz CT molecular complexity index is 723. The Morgan fingerprint density at radius 1 is 1.00 bits per heavy atom. The molecule has 3 rings (SSSR count). The number of nitrogens with one attached hydrogen (secondary N) is 2. The zero-order valence-electron chi connectivity index (χ0n) is 13.8. The van der Waals surface area contributed by atoms with E-state index >= 15 is 0 Å². The third-order valence-corrected chi connectivity index (χ3v) is 4.52. The van der Waals surface area contributed by atoms with Gasteiger partial charge in [-0.15, -0.1) is 0 Å². The summed E-state index contributed by atoms with van der Waals surface area (Å²) < 4.78 is 0. The monoisotopic (exact) mass is 339 g/mol. The number of carboxylic acids is 1. The number of urea groups is 1. The molecule has 1 fully saturated rings. The van der Waals surface area contributed by atoms with Gasteiger partial charge in [-0.25, -0.2) is 4.79 Å². The second kappa shape index (κ2) is 7.79. The Balaban J connectivity index is 1.51. The van der Waals surface area contributed by atoms with Crippen LogP contribution in [0.1, 0.15) is 25.7 Å². The molecule has 2 amide bonds. The van der Waals surface area contributed by atoms with E-state index in [2.05, 4.69) is 15.6 Å². The summed E-state index contributed by atoms with van der Waals surface area (Å²) in [7, 11) is 0. The fourth-order valence-corrected chi connectivity index (χ4v) is 3.10. The Labute approximate surface area is 146 Å². The molecule has 1 aromatic carbocycles. The molecule has 0 saturated heterocycles. The first-order valence-corrected chi connectivity index (χ1v) is 8.43. The summed E-state index contributed by atoms with van der Waals surface area (Å²) in [5.74, 6) is -1.02. The number of pyridine rings is 1. The second-order valence-electron chi connectivity index (χ2n) is 6.28. The molecule has 1 aliphatic carbocycles. The van der Waals surface area contributed by atoms with Crippen molar-refractivity contribution in [3.63, 3.8) is 0 Å². The molecule has 0 atom stereocenters. The van der Waals surface area contributed by atoms with Gasteiger partial charge in [-0.3, -0.25) is 9.78 Å². The number of hydrogen-bond donors (Lipinski definition) is 3. The SMILES string of the molecule is O=C(Nc1ccc(-c2ccccn2)cc1)NC1CCC(C(=O)O)CC1. The molecule has 1 aromatic heterocycles. The van der Waals surface area contributed by atoms with E-state index in [-0.39, 0.29) is 18.0 Å². The van der Waals surface area contributed by atoms with Crippen LogP contribution in [0.25, 0.3) is 11.3 Å². The molecule has 0 aliphatic heterocycles. The van der Waals surface area contributed by atoms with Gasteiger partial charge < -0.3 is 15.7 Å². The summed E-state index contributed by atoms with van der Waals surface area (Å²) in [6.07, 6.45) is 4.36. The van der Waals surface area contributed by atoms with Gasteiger partial charge in [0.2, 0.25) is 0 Å². The standard InChI is InChI=1S/C19H21N3O3/c23-18(24)14-6-10-16(11-7-14)22-19(25)21-15-8-4-13(5-9-15)17-3-1-2-12-20-17/h1-5,8-9,12,14,16H,6-7,10-11H2,(H,23,24)(H2,21,22,25). The van der Waals surface area contributed by atoms with Crippen molar-refractivity contribution in [3.05, 3.63) is 48.7 Å². The molecule has 130 valence electrons. The summed E-state index contributed by atoms with van der Waals surface area (Å²) in [5, 5.41) is 14.7. The summed E-state index contributed by atoms with van der Waals surface area (Å²) in [6, 6.07) is 13.0. The number of anilines is 1. The van der Waals surface area contributed by atoms with Gasteiger partial charge in [-0.1, -0.05) is 18.2 Å². The fourth-order valence-electron chi connectivity index (χ4n) is 3.10. The molecule has 6 heteroatoms. The summed E-state index contributed by atoms with van der Waals surface area (Å²) in [4.78, 5) is 27.3. The molecule has 1 saturated carbocycles. The fraction of sp³-hybridized carbons (Fsp3) is 0.316. The van der Waals surface area contributed by atoms with Crippen LogP contribution in [0.3, 0.4) is 0 Å². The minimum absolute atomic E-state index is 0.0309. The Hall–Kier alpha value is -2.89. The number of carbonyl (C=O) groups excluding carboxylic acids is 1. The van der Waals surface area contributed by atoms with Crippen molar-refractivity contribution in [1.82, 2.24) is 10.3 Å². The first-order valence-electron chi connectivity index (χ1n) is 8.43. The summed E-state index contributed by atoms with van der Waals surface area (Å²) in [5.41, 5.74) is 2.57. The van der Waals surface area contributed by atoms with E-state index in [1.807, 2.05) is 42.5 Å². The van der Waals surface area contributed by atoms with Gasteiger partial charge in [0.15, 0.2) is 0 Å². The third-order valence-electron chi connectivity index (χ3n) is 4.52. The number of aliphatic carboxylic acids is 1. The number of hydrogen-bond acceptors (Lipinski definition) is 3. The van der Waals surface area contributed by atoms with Crippen LogP contribution >= 0.6 is 0 Å². The largest absolute Gasteiger partial charge is 0.481 e. The Morgan fingerprint density at radius 3 is 2.32 bits per heavy atom. The van der Waals surface area contributed by atoms with Crippen LogP contribution in [-0.4, -0.2) is 28.1 Å². The van der Waals surface area contributed by atoms with E-state index in [9.17, 15) is 9.59 Å². The second-order valence-corrected chi connectivity index (χ2v) is 6.28. The Kier molecular flexibility index (Phi) is 5.28. The third kappa shape index (κ3) is 4.56. The predicted molar refractivity (Wildman–Crippen MR) is 95.2 cm³/mol. The number of carboxylic acid groups (broad SMARTS) is 1. The van der Waals surface area contributed by atoms with Crippen molar-refractivity contribution in [1.29, 1.82) is 0 Å². The van der Waals surface area contributed by atoms with Crippen molar-refractivity contribution in [3.8, 4) is 11.3 Å². The summed E-state index contributed by atoms with van der Waals surface area (Å²) in [6.45, 7) is 0. The van der Waals surface area contributed by atoms with Gasteiger partial charge >= 0.3 is 12.0 Å². The molecule has 6 nitrogen and oxygen atoms in total. The minimum Gasteiger partial charge on any atom is -0.481 e. The zero-order chi connectivity index (χ0) is 17.6. The van der Waals surface area contributed by atoms with Crippen LogP contribution < -0.4 is 10.6 Å². The normalized spacial score (nSPS) is 19.8. The van der Waals surface area contributed by atoms with Crippen LogP contribution in [0.15, 0.2) is 48.7 Å². The molecule has 25 heavy (non-hydrogen) atoms. The maximum absolute atomic E-state index is 12.1. The average molecular weight is 339 g/mol. The van der Waals surface area contributed by atoms with Gasteiger partial charge in [0.25, 0.3) is 0 Å². The highest BCUT2D eigenvalue weighted by Crippen LogP contribution is 2.24. The molecule has 0 bridgehead atoms. The van der Waals surface area contributed by atoms with Crippen LogP contribution in [0.4, 0.5) is 10.5 Å². The van der Waals surface area contributed by atoms with E-state index in [1.54, 1.807) is 6.20 Å². The molecule has 0 spiro atoms. The molecule has 0 radical (unpaired) electrons. The molecule has 1 heterocycles. The van der Waals surface area contributed by atoms with E-state index in [0.29, 0.717) is 31.4 Å². The summed E-state index contributed by atoms with van der Waals surface area (Å²) >= 11 is 0. The smallest absolute Gasteiger partial charge is 0.319 e. The molecule has 3 N–H and O–H groups in total. The van der Waals surface area contributed by atoms with Crippen molar-refractivity contribution in [2.24, 2.45) is 5.92 Å². The van der Waals surface area contributed by atoms with Crippen LogP contribution in [0.5, 0.6) is 0 Å². The Morgan fingerprint density at radius 2 is 1.72 bits per heavy atom. The van der Waals surface area contributed by atoms with Crippen LogP contribution in [0.2, 0.25) is 0 Å². The molecule has 1 aliphatic rings. The molecular weight excluding hydrogens is 318 g/mol. The number of carbonyl (C=O) groups is 2. The number of aromatic nitrogens is 1. The number of benzene rings is 1. The maximum atomic E-state index is 12.1. The van der Waals surface area contributed by atoms with Crippen molar-refractivity contribution in [2.45, 2.75) is 31.7 Å². The maximum Gasteiger partial charge on any atom is 0.319 e.